The van der Waals surface area contributed by atoms with Crippen LogP contribution in [0.2, 0.25) is 0 Å². The molecule has 2 rings (SSSR count). The molecular formula is C20H33IN6. The van der Waals surface area contributed by atoms with Gasteiger partial charge in [0.25, 0.3) is 0 Å². The molecule has 2 N–H and O–H groups in total. The Bertz CT molecular complexity index is 673. The zero-order valence-corrected chi connectivity index (χ0v) is 19.4. The summed E-state index contributed by atoms with van der Waals surface area (Å²) in [4.78, 5) is 8.69. The molecule has 1 heterocycles. The molecule has 0 amide bonds. The van der Waals surface area contributed by atoms with Crippen LogP contribution in [0.3, 0.4) is 0 Å². The van der Waals surface area contributed by atoms with Gasteiger partial charge in [-0.1, -0.05) is 32.9 Å². The molecule has 0 saturated carbocycles. The Morgan fingerprint density at radius 3 is 2.48 bits per heavy atom. The monoisotopic (exact) mass is 484 g/mol. The van der Waals surface area contributed by atoms with Crippen molar-refractivity contribution >= 4 is 29.9 Å². The Kier molecular flexibility index (Phi) is 9.76. The van der Waals surface area contributed by atoms with Crippen molar-refractivity contribution in [3.8, 4) is 5.69 Å². The van der Waals surface area contributed by atoms with Crippen molar-refractivity contribution < 1.29 is 0 Å². The molecule has 1 unspecified atom stereocenters. The molecular weight excluding hydrogens is 451 g/mol. The summed E-state index contributed by atoms with van der Waals surface area (Å²) in [5, 5.41) is 11.0. The standard InChI is InChI=1S/C20H32N6.HI/c1-6-22-19(25-16(2)11-12-20(3,4)5)23-13-17-7-9-18(10-8-17)26-15-21-14-24-26;/h7-10,14-16H,6,11-13H2,1-5H3,(H2,22,23,25);1H. The van der Waals surface area contributed by atoms with Crippen LogP contribution in [0.5, 0.6) is 0 Å². The first-order valence-electron chi connectivity index (χ1n) is 9.36. The van der Waals surface area contributed by atoms with Gasteiger partial charge in [0.05, 0.1) is 12.2 Å². The molecule has 1 atom stereocenters. The van der Waals surface area contributed by atoms with Crippen LogP contribution in [0.25, 0.3) is 5.69 Å². The summed E-state index contributed by atoms with van der Waals surface area (Å²) >= 11 is 0. The fraction of sp³-hybridized carbons (Fsp3) is 0.550. The minimum Gasteiger partial charge on any atom is -0.357 e. The second-order valence-electron chi connectivity index (χ2n) is 7.85. The third-order valence-corrected chi connectivity index (χ3v) is 4.09. The molecule has 6 nitrogen and oxygen atoms in total. The van der Waals surface area contributed by atoms with E-state index in [1.165, 1.54) is 12.7 Å². The predicted molar refractivity (Wildman–Crippen MR) is 123 cm³/mol. The lowest BCUT2D eigenvalue weighted by atomic mass is 9.89. The lowest BCUT2D eigenvalue weighted by Gasteiger charge is -2.23. The van der Waals surface area contributed by atoms with Gasteiger partial charge in [-0.05, 0) is 49.8 Å². The highest BCUT2D eigenvalue weighted by Gasteiger charge is 2.13. The van der Waals surface area contributed by atoms with E-state index in [9.17, 15) is 0 Å². The molecule has 7 heteroatoms. The van der Waals surface area contributed by atoms with E-state index in [-0.39, 0.29) is 24.0 Å². The average Bonchev–Trinajstić information content (AvgIpc) is 3.12. The van der Waals surface area contributed by atoms with Crippen LogP contribution < -0.4 is 10.6 Å². The van der Waals surface area contributed by atoms with Gasteiger partial charge in [0.2, 0.25) is 0 Å². The van der Waals surface area contributed by atoms with Gasteiger partial charge in [-0.2, -0.15) is 5.10 Å². The smallest absolute Gasteiger partial charge is 0.191 e. The van der Waals surface area contributed by atoms with Crippen LogP contribution in [-0.4, -0.2) is 33.3 Å². The fourth-order valence-electron chi connectivity index (χ4n) is 2.54. The third kappa shape index (κ3) is 8.73. The zero-order valence-electron chi connectivity index (χ0n) is 17.1. The van der Waals surface area contributed by atoms with Crippen molar-refractivity contribution in [3.63, 3.8) is 0 Å². The van der Waals surface area contributed by atoms with E-state index >= 15 is 0 Å². The molecule has 0 aliphatic heterocycles. The van der Waals surface area contributed by atoms with E-state index in [0.29, 0.717) is 18.0 Å². The van der Waals surface area contributed by atoms with Gasteiger partial charge in [0, 0.05) is 12.6 Å². The molecule has 1 aromatic carbocycles. The predicted octanol–water partition coefficient (Wildman–Crippen LogP) is 4.16. The lowest BCUT2D eigenvalue weighted by Crippen LogP contribution is -2.42. The highest BCUT2D eigenvalue weighted by atomic mass is 127. The molecule has 150 valence electrons. The molecule has 0 bridgehead atoms. The van der Waals surface area contributed by atoms with Crippen molar-refractivity contribution in [1.82, 2.24) is 25.4 Å². The number of aromatic nitrogens is 3. The molecule has 27 heavy (non-hydrogen) atoms. The number of aliphatic imine (C=N–C) groups is 1. The van der Waals surface area contributed by atoms with Crippen LogP contribution in [0.4, 0.5) is 0 Å². The third-order valence-electron chi connectivity index (χ3n) is 4.09. The number of halogens is 1. The van der Waals surface area contributed by atoms with Crippen LogP contribution in [-0.2, 0) is 6.54 Å². The minimum atomic E-state index is 0. The van der Waals surface area contributed by atoms with Crippen LogP contribution in [0, 0.1) is 5.41 Å². The van der Waals surface area contributed by atoms with Crippen molar-refractivity contribution in [2.24, 2.45) is 10.4 Å². The van der Waals surface area contributed by atoms with Crippen molar-refractivity contribution in [1.29, 1.82) is 0 Å². The van der Waals surface area contributed by atoms with E-state index in [1.54, 1.807) is 11.0 Å². The maximum absolute atomic E-state index is 4.72. The molecule has 0 aliphatic rings. The number of nitrogens with zero attached hydrogens (tertiary/aromatic N) is 4. The van der Waals surface area contributed by atoms with Crippen molar-refractivity contribution in [2.45, 2.75) is 60.0 Å². The lowest BCUT2D eigenvalue weighted by molar-refractivity contribution is 0.346. The Hall–Kier alpha value is -1.64. The van der Waals surface area contributed by atoms with E-state index in [0.717, 1.165) is 30.2 Å². The Labute approximate surface area is 180 Å². The second-order valence-corrected chi connectivity index (χ2v) is 7.85. The number of nitrogens with one attached hydrogen (secondary N) is 2. The van der Waals surface area contributed by atoms with Crippen LogP contribution in [0.1, 0.15) is 53.0 Å². The summed E-state index contributed by atoms with van der Waals surface area (Å²) in [6, 6.07) is 8.61. The Morgan fingerprint density at radius 2 is 1.93 bits per heavy atom. The first-order valence-corrected chi connectivity index (χ1v) is 9.36. The topological polar surface area (TPSA) is 67.1 Å². The summed E-state index contributed by atoms with van der Waals surface area (Å²) in [6.45, 7) is 12.6. The quantitative estimate of drug-likeness (QED) is 0.352. The zero-order chi connectivity index (χ0) is 19.0. The van der Waals surface area contributed by atoms with E-state index in [1.807, 2.05) is 12.1 Å². The largest absolute Gasteiger partial charge is 0.357 e. The molecule has 0 saturated heterocycles. The number of rotatable bonds is 7. The van der Waals surface area contributed by atoms with E-state index in [2.05, 4.69) is 67.5 Å². The van der Waals surface area contributed by atoms with E-state index in [4.69, 9.17) is 4.99 Å². The fourth-order valence-corrected chi connectivity index (χ4v) is 2.54. The van der Waals surface area contributed by atoms with Gasteiger partial charge in [-0.3, -0.25) is 0 Å². The van der Waals surface area contributed by atoms with Crippen molar-refractivity contribution in [2.75, 3.05) is 6.54 Å². The van der Waals surface area contributed by atoms with Crippen molar-refractivity contribution in [3.05, 3.63) is 42.5 Å². The Balaban J connectivity index is 0.00000364. The molecule has 0 spiro atoms. The molecule has 1 aromatic heterocycles. The van der Waals surface area contributed by atoms with Gasteiger partial charge in [-0.25, -0.2) is 14.7 Å². The summed E-state index contributed by atoms with van der Waals surface area (Å²) in [6.07, 6.45) is 5.54. The second kappa shape index (κ2) is 11.3. The highest BCUT2D eigenvalue weighted by molar-refractivity contribution is 14.0. The normalized spacial score (nSPS) is 13.0. The number of hydrogen-bond donors (Lipinski definition) is 2. The Morgan fingerprint density at radius 1 is 1.22 bits per heavy atom. The summed E-state index contributed by atoms with van der Waals surface area (Å²) in [7, 11) is 0. The number of benzene rings is 1. The van der Waals surface area contributed by atoms with Gasteiger partial charge in [0.15, 0.2) is 5.96 Å². The summed E-state index contributed by atoms with van der Waals surface area (Å²) < 4.78 is 1.75. The molecule has 0 radical (unpaired) electrons. The maximum atomic E-state index is 4.72. The minimum absolute atomic E-state index is 0. The molecule has 0 fully saturated rings. The highest BCUT2D eigenvalue weighted by Crippen LogP contribution is 2.21. The summed E-state index contributed by atoms with van der Waals surface area (Å²) in [5.74, 6) is 0.870. The van der Waals surface area contributed by atoms with Gasteiger partial charge in [0.1, 0.15) is 12.7 Å². The van der Waals surface area contributed by atoms with Gasteiger partial charge in [-0.15, -0.1) is 24.0 Å². The number of hydrogen-bond acceptors (Lipinski definition) is 3. The van der Waals surface area contributed by atoms with Crippen LogP contribution >= 0.6 is 24.0 Å². The van der Waals surface area contributed by atoms with E-state index < -0.39 is 0 Å². The first-order chi connectivity index (χ1) is 12.4. The van der Waals surface area contributed by atoms with Gasteiger partial charge < -0.3 is 10.6 Å². The van der Waals surface area contributed by atoms with Gasteiger partial charge >= 0.3 is 0 Å². The molecule has 0 aliphatic carbocycles. The SMILES string of the molecule is CCNC(=NCc1ccc(-n2cncn2)cc1)NC(C)CCC(C)(C)C.I. The average molecular weight is 484 g/mol. The van der Waals surface area contributed by atoms with Crippen LogP contribution in [0.15, 0.2) is 41.9 Å². The summed E-state index contributed by atoms with van der Waals surface area (Å²) in [5.41, 5.74) is 2.52. The number of guanidine groups is 1. The maximum Gasteiger partial charge on any atom is 0.191 e. The first kappa shape index (κ1) is 23.4. The molecule has 2 aromatic rings.